The molecular formula is C26H24NO3S+. The maximum Gasteiger partial charge on any atom is 0.345 e. The van der Waals surface area contributed by atoms with Gasteiger partial charge in [-0.25, -0.2) is 4.79 Å². The van der Waals surface area contributed by atoms with Crippen LogP contribution in [0.15, 0.2) is 59.3 Å². The number of esters is 1. The van der Waals surface area contributed by atoms with E-state index in [2.05, 4.69) is 52.9 Å². The average Bonchev–Trinajstić information content (AvgIpc) is 3.26. The lowest BCUT2D eigenvalue weighted by molar-refractivity contribution is -0.154. The predicted octanol–water partition coefficient (Wildman–Crippen LogP) is 5.67. The zero-order valence-corrected chi connectivity index (χ0v) is 18.9. The molecule has 156 valence electrons. The Hall–Kier alpha value is -3.54. The van der Waals surface area contributed by atoms with E-state index in [1.807, 2.05) is 13.8 Å². The molecule has 1 heterocycles. The zero-order valence-electron chi connectivity index (χ0n) is 18.1. The SMILES string of the molecule is Cc1cc(-[s+]2cccc2)cc(C)c1OCC(=O)OC(C)(C)C#Cc1ccc(C#N)cc1. The van der Waals surface area contributed by atoms with Crippen LogP contribution < -0.4 is 4.74 Å². The number of hydrogen-bond acceptors (Lipinski definition) is 4. The molecule has 0 aliphatic carbocycles. The van der Waals surface area contributed by atoms with Crippen LogP contribution >= 0.6 is 10.5 Å². The van der Waals surface area contributed by atoms with Gasteiger partial charge in [0.15, 0.2) is 17.1 Å². The van der Waals surface area contributed by atoms with Crippen LogP contribution in [0.1, 0.15) is 36.1 Å². The van der Waals surface area contributed by atoms with E-state index in [1.54, 1.807) is 38.1 Å². The predicted molar refractivity (Wildman–Crippen MR) is 123 cm³/mol. The molecule has 0 fully saturated rings. The summed E-state index contributed by atoms with van der Waals surface area (Å²) >= 11 is 0. The molecule has 0 atom stereocenters. The number of benzene rings is 2. The number of carbonyl (C=O) groups excluding carboxylic acids is 1. The number of carbonyl (C=O) groups is 1. The van der Waals surface area contributed by atoms with E-state index in [4.69, 9.17) is 14.7 Å². The van der Waals surface area contributed by atoms with E-state index in [9.17, 15) is 4.79 Å². The molecule has 2 aromatic carbocycles. The minimum atomic E-state index is -0.968. The first-order valence-electron chi connectivity index (χ1n) is 9.83. The minimum absolute atomic E-state index is 0.00530. The number of nitriles is 1. The highest BCUT2D eigenvalue weighted by Gasteiger charge is 2.21. The highest BCUT2D eigenvalue weighted by atomic mass is 32.2. The van der Waals surface area contributed by atoms with Crippen molar-refractivity contribution >= 4 is 16.4 Å². The fourth-order valence-corrected chi connectivity index (χ4v) is 4.61. The van der Waals surface area contributed by atoms with Crippen molar-refractivity contribution in [2.24, 2.45) is 0 Å². The number of thiophene rings is 1. The minimum Gasteiger partial charge on any atom is -0.481 e. The van der Waals surface area contributed by atoms with Crippen LogP contribution in [0, 0.1) is 37.0 Å². The molecule has 3 rings (SSSR count). The Morgan fingerprint density at radius 2 is 1.61 bits per heavy atom. The van der Waals surface area contributed by atoms with Crippen LogP contribution in [-0.2, 0) is 9.53 Å². The molecule has 0 aliphatic heterocycles. The van der Waals surface area contributed by atoms with Crippen molar-refractivity contribution in [2.45, 2.75) is 33.3 Å². The molecule has 31 heavy (non-hydrogen) atoms. The first kappa shape index (κ1) is 22.2. The molecule has 0 bridgehead atoms. The van der Waals surface area contributed by atoms with E-state index in [0.29, 0.717) is 11.3 Å². The van der Waals surface area contributed by atoms with Gasteiger partial charge in [-0.05, 0) is 75.2 Å². The summed E-state index contributed by atoms with van der Waals surface area (Å²) in [6, 6.07) is 17.3. The lowest BCUT2D eigenvalue weighted by Gasteiger charge is -2.19. The van der Waals surface area contributed by atoms with Crippen molar-refractivity contribution in [1.29, 1.82) is 5.26 Å². The van der Waals surface area contributed by atoms with Gasteiger partial charge in [0.2, 0.25) is 0 Å². The van der Waals surface area contributed by atoms with Gasteiger partial charge >= 0.3 is 5.97 Å². The lowest BCUT2D eigenvalue weighted by atomic mass is 10.1. The third-order valence-corrected chi connectivity index (χ3v) is 6.17. The molecule has 0 saturated carbocycles. The number of ether oxygens (including phenoxy) is 2. The topological polar surface area (TPSA) is 59.3 Å². The second-order valence-corrected chi connectivity index (χ2v) is 9.39. The highest BCUT2D eigenvalue weighted by Crippen LogP contribution is 2.35. The van der Waals surface area contributed by atoms with Gasteiger partial charge in [0.25, 0.3) is 0 Å². The van der Waals surface area contributed by atoms with Crippen molar-refractivity contribution in [3.8, 4) is 28.6 Å². The van der Waals surface area contributed by atoms with Crippen molar-refractivity contribution in [3.63, 3.8) is 0 Å². The molecular weight excluding hydrogens is 406 g/mol. The Morgan fingerprint density at radius 1 is 1.03 bits per heavy atom. The van der Waals surface area contributed by atoms with Crippen molar-refractivity contribution in [3.05, 3.63) is 81.5 Å². The molecule has 0 saturated heterocycles. The van der Waals surface area contributed by atoms with Crippen LogP contribution in [0.3, 0.4) is 0 Å². The molecule has 4 nitrogen and oxygen atoms in total. The van der Waals surface area contributed by atoms with Gasteiger partial charge in [-0.3, -0.25) is 0 Å². The summed E-state index contributed by atoms with van der Waals surface area (Å²) in [5.41, 5.74) is 2.33. The fourth-order valence-electron chi connectivity index (χ4n) is 3.06. The number of hydrogen-bond donors (Lipinski definition) is 0. The van der Waals surface area contributed by atoms with Crippen LogP contribution in [0.25, 0.3) is 4.90 Å². The van der Waals surface area contributed by atoms with Crippen LogP contribution in [0.2, 0.25) is 0 Å². The van der Waals surface area contributed by atoms with E-state index in [-0.39, 0.29) is 17.1 Å². The third-order valence-electron chi connectivity index (χ3n) is 4.49. The van der Waals surface area contributed by atoms with Gasteiger partial charge in [0.1, 0.15) is 16.5 Å². The van der Waals surface area contributed by atoms with Gasteiger partial charge in [-0.2, -0.15) is 5.26 Å². The first-order chi connectivity index (χ1) is 14.8. The Kier molecular flexibility index (Phi) is 6.80. The van der Waals surface area contributed by atoms with E-state index in [1.165, 1.54) is 4.90 Å². The molecule has 5 heteroatoms. The second-order valence-electron chi connectivity index (χ2n) is 7.63. The Labute approximate surface area is 186 Å². The van der Waals surface area contributed by atoms with Crippen LogP contribution in [-0.4, -0.2) is 18.2 Å². The quantitative estimate of drug-likeness (QED) is 0.297. The first-order valence-corrected chi connectivity index (χ1v) is 11.2. The zero-order chi connectivity index (χ0) is 22.4. The molecule has 0 aliphatic rings. The lowest BCUT2D eigenvalue weighted by Crippen LogP contribution is -2.29. The van der Waals surface area contributed by atoms with Crippen LogP contribution in [0.5, 0.6) is 5.75 Å². The van der Waals surface area contributed by atoms with Crippen molar-refractivity contribution in [1.82, 2.24) is 0 Å². The third kappa shape index (κ3) is 5.98. The molecule has 0 radical (unpaired) electrons. The summed E-state index contributed by atoms with van der Waals surface area (Å²) in [7, 11) is -0.00530. The van der Waals surface area contributed by atoms with E-state index in [0.717, 1.165) is 16.7 Å². The monoisotopic (exact) mass is 430 g/mol. The Bertz CT molecular complexity index is 1150. The normalized spacial score (nSPS) is 10.5. The molecule has 0 N–H and O–H groups in total. The fraction of sp³-hybridized carbons (Fsp3) is 0.231. The summed E-state index contributed by atoms with van der Waals surface area (Å²) in [5, 5.41) is 13.2. The van der Waals surface area contributed by atoms with Gasteiger partial charge in [-0.1, -0.05) is 11.8 Å². The average molecular weight is 431 g/mol. The van der Waals surface area contributed by atoms with Crippen molar-refractivity contribution < 1.29 is 14.3 Å². The Morgan fingerprint density at radius 3 is 2.19 bits per heavy atom. The molecule has 0 amide bonds. The summed E-state index contributed by atoms with van der Waals surface area (Å²) in [4.78, 5) is 13.6. The number of nitrogens with zero attached hydrogens (tertiary/aromatic N) is 1. The summed E-state index contributed by atoms with van der Waals surface area (Å²) in [5.74, 6) is 6.16. The maximum absolute atomic E-state index is 12.4. The van der Waals surface area contributed by atoms with E-state index >= 15 is 0 Å². The van der Waals surface area contributed by atoms with Gasteiger partial charge in [0, 0.05) is 28.2 Å². The maximum atomic E-state index is 12.4. The van der Waals surface area contributed by atoms with Gasteiger partial charge in [0.05, 0.1) is 11.6 Å². The summed E-state index contributed by atoms with van der Waals surface area (Å²) < 4.78 is 11.3. The van der Waals surface area contributed by atoms with Gasteiger partial charge in [-0.15, -0.1) is 0 Å². The number of aryl methyl sites for hydroxylation is 2. The van der Waals surface area contributed by atoms with Gasteiger partial charge < -0.3 is 9.47 Å². The van der Waals surface area contributed by atoms with E-state index < -0.39 is 11.6 Å². The Balaban J connectivity index is 1.62. The highest BCUT2D eigenvalue weighted by molar-refractivity contribution is 7.36. The second kappa shape index (κ2) is 9.51. The summed E-state index contributed by atoms with van der Waals surface area (Å²) in [6.45, 7) is 7.25. The largest absolute Gasteiger partial charge is 0.481 e. The van der Waals surface area contributed by atoms with Crippen molar-refractivity contribution in [2.75, 3.05) is 6.61 Å². The molecule has 0 unspecified atom stereocenters. The smallest absolute Gasteiger partial charge is 0.345 e. The molecule has 1 aromatic heterocycles. The molecule has 3 aromatic rings. The van der Waals surface area contributed by atoms with Crippen LogP contribution in [0.4, 0.5) is 0 Å². The number of rotatable bonds is 5. The standard InChI is InChI=1S/C26H24NO3S/c1-19-15-23(31-13-5-6-14-31)16-20(2)25(19)29-18-24(28)30-26(3,4)12-11-21-7-9-22(17-27)10-8-21/h5-10,13-16H,18H2,1-4H3/q+1. The molecule has 0 spiro atoms. The summed E-state index contributed by atoms with van der Waals surface area (Å²) in [6.07, 6.45) is 0.